The van der Waals surface area contributed by atoms with Gasteiger partial charge in [0.05, 0.1) is 5.57 Å². The molecule has 0 aliphatic carbocycles. The van der Waals surface area contributed by atoms with Crippen LogP contribution in [0.15, 0.2) is 58.2 Å². The van der Waals surface area contributed by atoms with Gasteiger partial charge < -0.3 is 20.4 Å². The van der Waals surface area contributed by atoms with E-state index in [9.17, 15) is 9.59 Å². The number of nitrogens with one attached hydrogen (secondary N) is 3. The van der Waals surface area contributed by atoms with Crippen molar-refractivity contribution in [3.8, 4) is 0 Å². The molecule has 23 heavy (non-hydrogen) atoms. The summed E-state index contributed by atoms with van der Waals surface area (Å²) in [6.07, 6.45) is 0. The fraction of sp³-hybridized carbons (Fsp3) is 0.125. The van der Waals surface area contributed by atoms with Crippen LogP contribution in [0.25, 0.3) is 0 Å². The molecule has 7 heteroatoms. The number of amides is 3. The molecule has 3 amide bonds. The molecule has 0 saturated carbocycles. The van der Waals surface area contributed by atoms with Crippen molar-refractivity contribution in [3.05, 3.63) is 63.3 Å². The van der Waals surface area contributed by atoms with Gasteiger partial charge in [0.15, 0.2) is 3.77 Å². The van der Waals surface area contributed by atoms with Gasteiger partial charge in [-0.15, -0.1) is 0 Å². The highest BCUT2D eigenvalue weighted by Crippen LogP contribution is 2.29. The Balaban J connectivity index is 1.93. The zero-order valence-corrected chi connectivity index (χ0v) is 14.4. The van der Waals surface area contributed by atoms with E-state index in [2.05, 4.69) is 16.0 Å². The molecule has 3 N–H and O–H groups in total. The Kier molecular flexibility index (Phi) is 4.37. The van der Waals surface area contributed by atoms with Crippen molar-refractivity contribution >= 4 is 40.2 Å². The third-order valence-corrected chi connectivity index (χ3v) is 4.00. The monoisotopic (exact) mass is 423 g/mol. The predicted octanol–water partition coefficient (Wildman–Crippen LogP) is 3.15. The highest BCUT2D eigenvalue weighted by Gasteiger charge is 2.33. The van der Waals surface area contributed by atoms with Crippen molar-refractivity contribution in [3.63, 3.8) is 0 Å². The number of hydrogen-bond acceptors (Lipinski definition) is 3. The number of furan rings is 1. The number of allylic oxidation sites excluding steroid dienone is 1. The van der Waals surface area contributed by atoms with Gasteiger partial charge in [0, 0.05) is 11.4 Å². The van der Waals surface area contributed by atoms with E-state index in [1.54, 1.807) is 31.2 Å². The second kappa shape index (κ2) is 6.45. The Morgan fingerprint density at radius 1 is 1.22 bits per heavy atom. The SMILES string of the molecule is CC1=C(C(=O)Nc2ccccc2)[C@@H](c2ccc(I)o2)NC(=O)N1. The van der Waals surface area contributed by atoms with Crippen molar-refractivity contribution in [1.29, 1.82) is 0 Å². The molecule has 118 valence electrons. The Labute approximate surface area is 146 Å². The third-order valence-electron chi connectivity index (χ3n) is 3.42. The fourth-order valence-corrected chi connectivity index (χ4v) is 2.85. The van der Waals surface area contributed by atoms with Gasteiger partial charge in [-0.05, 0) is 53.8 Å². The summed E-state index contributed by atoms with van der Waals surface area (Å²) in [7, 11) is 0. The number of carbonyl (C=O) groups is 2. The van der Waals surface area contributed by atoms with Crippen LogP contribution in [-0.2, 0) is 4.79 Å². The third kappa shape index (κ3) is 3.39. The van der Waals surface area contributed by atoms with Gasteiger partial charge in [-0.25, -0.2) is 4.79 Å². The first-order valence-electron chi connectivity index (χ1n) is 6.94. The molecule has 2 heterocycles. The van der Waals surface area contributed by atoms with E-state index in [1.807, 2.05) is 40.8 Å². The summed E-state index contributed by atoms with van der Waals surface area (Å²) in [5, 5.41) is 8.19. The molecule has 0 bridgehead atoms. The van der Waals surface area contributed by atoms with Crippen LogP contribution in [0.1, 0.15) is 18.7 Å². The highest BCUT2D eigenvalue weighted by atomic mass is 127. The summed E-state index contributed by atoms with van der Waals surface area (Å²) in [5.74, 6) is 0.222. The van der Waals surface area contributed by atoms with Crippen LogP contribution in [0.5, 0.6) is 0 Å². The van der Waals surface area contributed by atoms with Crippen LogP contribution < -0.4 is 16.0 Å². The zero-order chi connectivity index (χ0) is 16.4. The summed E-state index contributed by atoms with van der Waals surface area (Å²) in [4.78, 5) is 24.4. The van der Waals surface area contributed by atoms with Gasteiger partial charge in [-0.1, -0.05) is 18.2 Å². The molecule has 0 fully saturated rings. The summed E-state index contributed by atoms with van der Waals surface area (Å²) in [6.45, 7) is 1.69. The van der Waals surface area contributed by atoms with Crippen LogP contribution in [0.2, 0.25) is 0 Å². The number of anilines is 1. The lowest BCUT2D eigenvalue weighted by Crippen LogP contribution is -2.45. The summed E-state index contributed by atoms with van der Waals surface area (Å²) < 4.78 is 6.27. The zero-order valence-electron chi connectivity index (χ0n) is 12.2. The van der Waals surface area contributed by atoms with Crippen LogP contribution >= 0.6 is 22.6 Å². The molecule has 1 atom stereocenters. The first-order valence-corrected chi connectivity index (χ1v) is 8.02. The Bertz CT molecular complexity index is 783. The lowest BCUT2D eigenvalue weighted by Gasteiger charge is -2.27. The Morgan fingerprint density at radius 2 is 1.96 bits per heavy atom. The lowest BCUT2D eigenvalue weighted by molar-refractivity contribution is -0.113. The molecule has 6 nitrogen and oxygen atoms in total. The molecule has 3 rings (SSSR count). The fourth-order valence-electron chi connectivity index (χ4n) is 2.41. The minimum atomic E-state index is -0.629. The normalized spacial score (nSPS) is 17.5. The van der Waals surface area contributed by atoms with Crippen LogP contribution in [-0.4, -0.2) is 11.9 Å². The second-order valence-corrected chi connectivity index (χ2v) is 6.10. The molecule has 2 aromatic rings. The molecule has 0 spiro atoms. The van der Waals surface area contributed by atoms with E-state index in [-0.39, 0.29) is 11.9 Å². The number of hydrogen-bond donors (Lipinski definition) is 3. The van der Waals surface area contributed by atoms with Gasteiger partial charge in [0.2, 0.25) is 0 Å². The highest BCUT2D eigenvalue weighted by molar-refractivity contribution is 14.1. The number of urea groups is 1. The molecule has 1 aliphatic heterocycles. The maximum absolute atomic E-state index is 12.7. The summed E-state index contributed by atoms with van der Waals surface area (Å²) in [5.41, 5.74) is 1.60. The van der Waals surface area contributed by atoms with E-state index < -0.39 is 6.04 Å². The van der Waals surface area contributed by atoms with Crippen LogP contribution in [0, 0.1) is 3.77 Å². The van der Waals surface area contributed by atoms with Gasteiger partial charge in [-0.3, -0.25) is 4.79 Å². The Hall–Kier alpha value is -2.29. The van der Waals surface area contributed by atoms with Gasteiger partial charge in [0.25, 0.3) is 5.91 Å². The molecule has 1 aromatic carbocycles. The predicted molar refractivity (Wildman–Crippen MR) is 93.6 cm³/mol. The van der Waals surface area contributed by atoms with E-state index >= 15 is 0 Å². The lowest BCUT2D eigenvalue weighted by atomic mass is 10.00. The van der Waals surface area contributed by atoms with Gasteiger partial charge in [-0.2, -0.15) is 0 Å². The number of benzene rings is 1. The molecular weight excluding hydrogens is 409 g/mol. The smallest absolute Gasteiger partial charge is 0.319 e. The maximum atomic E-state index is 12.7. The standard InChI is InChI=1S/C16H14IN3O3/c1-9-13(15(21)19-10-5-3-2-4-6-10)14(20-16(22)18-9)11-7-8-12(17)23-11/h2-8,14H,1H3,(H,19,21)(H2,18,20,22)/t14-/m1/s1. The summed E-state index contributed by atoms with van der Waals surface area (Å²) >= 11 is 2.04. The van der Waals surface area contributed by atoms with E-state index in [1.165, 1.54) is 0 Å². The minimum Gasteiger partial charge on any atom is -0.453 e. The Morgan fingerprint density at radius 3 is 2.61 bits per heavy atom. The number of carbonyl (C=O) groups excluding carboxylic acids is 2. The summed E-state index contributed by atoms with van der Waals surface area (Å²) in [6, 6.07) is 11.7. The first-order chi connectivity index (χ1) is 11.0. The molecule has 0 radical (unpaired) electrons. The topological polar surface area (TPSA) is 83.4 Å². The molecule has 1 aromatic heterocycles. The van der Waals surface area contributed by atoms with E-state index in [4.69, 9.17) is 4.42 Å². The maximum Gasteiger partial charge on any atom is 0.319 e. The average molecular weight is 423 g/mol. The van der Waals surface area contributed by atoms with E-state index in [0.29, 0.717) is 26.5 Å². The number of rotatable bonds is 3. The first kappa shape index (κ1) is 15.6. The van der Waals surface area contributed by atoms with Crippen molar-refractivity contribution in [2.24, 2.45) is 0 Å². The average Bonchev–Trinajstić information content (AvgIpc) is 2.93. The second-order valence-electron chi connectivity index (χ2n) is 5.03. The minimum absolute atomic E-state index is 0.294. The number of para-hydroxylation sites is 1. The van der Waals surface area contributed by atoms with Crippen molar-refractivity contribution < 1.29 is 14.0 Å². The van der Waals surface area contributed by atoms with Crippen LogP contribution in [0.3, 0.4) is 0 Å². The number of halogens is 1. The van der Waals surface area contributed by atoms with Gasteiger partial charge in [0.1, 0.15) is 11.8 Å². The quantitative estimate of drug-likeness (QED) is 0.664. The largest absolute Gasteiger partial charge is 0.453 e. The van der Waals surface area contributed by atoms with Crippen molar-refractivity contribution in [2.75, 3.05) is 5.32 Å². The molecule has 1 aliphatic rings. The van der Waals surface area contributed by atoms with Gasteiger partial charge >= 0.3 is 6.03 Å². The molecule has 0 saturated heterocycles. The van der Waals surface area contributed by atoms with Crippen molar-refractivity contribution in [1.82, 2.24) is 10.6 Å². The van der Waals surface area contributed by atoms with E-state index in [0.717, 1.165) is 0 Å². The molecular formula is C16H14IN3O3. The van der Waals surface area contributed by atoms with Crippen molar-refractivity contribution in [2.45, 2.75) is 13.0 Å². The van der Waals surface area contributed by atoms with Crippen LogP contribution in [0.4, 0.5) is 10.5 Å². The molecule has 0 unspecified atom stereocenters.